The molecule has 0 aromatic rings. The monoisotopic (exact) mass is 267 g/mol. The van der Waals surface area contributed by atoms with Crippen LogP contribution in [0, 0.1) is 5.41 Å². The van der Waals surface area contributed by atoms with Crippen molar-refractivity contribution in [1.82, 2.24) is 4.90 Å². The fourth-order valence-corrected chi connectivity index (χ4v) is 3.59. The Hall–Kier alpha value is -1.06. The highest BCUT2D eigenvalue weighted by atomic mass is 16.4. The third-order valence-corrected chi connectivity index (χ3v) is 4.77. The van der Waals surface area contributed by atoms with Crippen LogP contribution in [-0.2, 0) is 9.59 Å². The molecule has 0 radical (unpaired) electrons. The van der Waals surface area contributed by atoms with Gasteiger partial charge in [0, 0.05) is 18.0 Å². The lowest BCUT2D eigenvalue weighted by molar-refractivity contribution is -0.145. The molecule has 2 fully saturated rings. The van der Waals surface area contributed by atoms with Crippen molar-refractivity contribution >= 4 is 11.9 Å². The van der Waals surface area contributed by atoms with Crippen molar-refractivity contribution in [1.29, 1.82) is 0 Å². The van der Waals surface area contributed by atoms with Crippen LogP contribution < -0.4 is 0 Å². The summed E-state index contributed by atoms with van der Waals surface area (Å²) in [7, 11) is 0. The maximum absolute atomic E-state index is 12.8. The molecule has 2 rings (SSSR count). The fourth-order valence-electron chi connectivity index (χ4n) is 3.59. The molecule has 1 atom stereocenters. The summed E-state index contributed by atoms with van der Waals surface area (Å²) in [4.78, 5) is 25.6. The number of hydrogen-bond acceptors (Lipinski definition) is 2. The lowest BCUT2D eigenvalue weighted by atomic mass is 9.81. The van der Waals surface area contributed by atoms with Gasteiger partial charge < -0.3 is 10.0 Å². The minimum Gasteiger partial charge on any atom is -0.481 e. The number of rotatable bonds is 3. The first-order chi connectivity index (χ1) is 9.03. The van der Waals surface area contributed by atoms with Crippen molar-refractivity contribution in [2.75, 3.05) is 6.54 Å². The molecular weight excluding hydrogens is 242 g/mol. The molecule has 0 bridgehead atoms. The molecule has 1 saturated heterocycles. The topological polar surface area (TPSA) is 57.6 Å². The van der Waals surface area contributed by atoms with E-state index in [-0.39, 0.29) is 23.8 Å². The summed E-state index contributed by atoms with van der Waals surface area (Å²) in [5, 5.41) is 8.96. The van der Waals surface area contributed by atoms with Crippen LogP contribution in [0.3, 0.4) is 0 Å². The molecule has 1 aliphatic heterocycles. The number of likely N-dealkylation sites (tertiary alicyclic amines) is 1. The number of aliphatic carboxylic acids is 1. The molecule has 0 spiro atoms. The molecule has 1 amide bonds. The van der Waals surface area contributed by atoms with Crippen LogP contribution >= 0.6 is 0 Å². The molecule has 19 heavy (non-hydrogen) atoms. The Morgan fingerprint density at radius 3 is 2.37 bits per heavy atom. The van der Waals surface area contributed by atoms with Gasteiger partial charge in [-0.05, 0) is 25.7 Å². The van der Waals surface area contributed by atoms with Gasteiger partial charge in [0.05, 0.1) is 6.42 Å². The number of carboxylic acid groups (broad SMARTS) is 1. The van der Waals surface area contributed by atoms with E-state index < -0.39 is 5.97 Å². The average molecular weight is 267 g/mol. The third kappa shape index (κ3) is 3.28. The van der Waals surface area contributed by atoms with Gasteiger partial charge in [0.1, 0.15) is 0 Å². The second-order valence-corrected chi connectivity index (χ2v) is 6.37. The Balaban J connectivity index is 2.06. The minimum absolute atomic E-state index is 0.0786. The highest BCUT2D eigenvalue weighted by molar-refractivity contribution is 5.83. The number of hydrogen-bond donors (Lipinski definition) is 1. The predicted octanol–water partition coefficient (Wildman–Crippen LogP) is 2.81. The van der Waals surface area contributed by atoms with Gasteiger partial charge in [0.25, 0.3) is 0 Å². The van der Waals surface area contributed by atoms with Crippen LogP contribution in [0.4, 0.5) is 0 Å². The Kier molecular flexibility index (Phi) is 4.48. The SMILES string of the molecule is CC1(C(=O)N2CCCC2CC(=O)O)CCCCCC1. The molecular formula is C15H25NO3. The molecule has 2 aliphatic rings. The van der Waals surface area contributed by atoms with Crippen molar-refractivity contribution in [2.45, 2.75) is 70.8 Å². The van der Waals surface area contributed by atoms with Crippen LogP contribution in [0.25, 0.3) is 0 Å². The summed E-state index contributed by atoms with van der Waals surface area (Å²) in [6.07, 6.45) is 8.50. The molecule has 1 aliphatic carbocycles. The highest BCUT2D eigenvalue weighted by Gasteiger charge is 2.41. The van der Waals surface area contributed by atoms with Gasteiger partial charge in [0.15, 0.2) is 0 Å². The van der Waals surface area contributed by atoms with E-state index in [2.05, 4.69) is 6.92 Å². The van der Waals surface area contributed by atoms with E-state index in [4.69, 9.17) is 5.11 Å². The zero-order chi connectivity index (χ0) is 13.9. The lowest BCUT2D eigenvalue weighted by Gasteiger charge is -2.34. The summed E-state index contributed by atoms with van der Waals surface area (Å²) in [6, 6.07) is -0.0786. The van der Waals surface area contributed by atoms with E-state index in [0.717, 1.165) is 45.1 Å². The van der Waals surface area contributed by atoms with Crippen LogP contribution in [0.5, 0.6) is 0 Å². The van der Waals surface area contributed by atoms with E-state index >= 15 is 0 Å². The van der Waals surface area contributed by atoms with E-state index in [0.29, 0.717) is 0 Å². The zero-order valence-electron chi connectivity index (χ0n) is 11.9. The second kappa shape index (κ2) is 5.93. The molecule has 0 aromatic heterocycles. The van der Waals surface area contributed by atoms with E-state index in [1.165, 1.54) is 12.8 Å². The largest absolute Gasteiger partial charge is 0.481 e. The molecule has 1 heterocycles. The lowest BCUT2D eigenvalue weighted by Crippen LogP contribution is -2.45. The molecule has 4 nitrogen and oxygen atoms in total. The fraction of sp³-hybridized carbons (Fsp3) is 0.867. The maximum atomic E-state index is 12.8. The summed E-state index contributed by atoms with van der Waals surface area (Å²) in [6.45, 7) is 2.82. The van der Waals surface area contributed by atoms with Crippen molar-refractivity contribution in [3.63, 3.8) is 0 Å². The average Bonchev–Trinajstić information content (AvgIpc) is 2.67. The Morgan fingerprint density at radius 2 is 1.79 bits per heavy atom. The smallest absolute Gasteiger partial charge is 0.305 e. The zero-order valence-corrected chi connectivity index (χ0v) is 11.9. The van der Waals surface area contributed by atoms with Gasteiger partial charge in [-0.25, -0.2) is 0 Å². The van der Waals surface area contributed by atoms with Crippen LogP contribution in [-0.4, -0.2) is 34.5 Å². The highest BCUT2D eigenvalue weighted by Crippen LogP contribution is 2.38. The Labute approximate surface area is 115 Å². The second-order valence-electron chi connectivity index (χ2n) is 6.37. The van der Waals surface area contributed by atoms with Crippen LogP contribution in [0.1, 0.15) is 64.7 Å². The molecule has 1 saturated carbocycles. The predicted molar refractivity (Wildman–Crippen MR) is 72.8 cm³/mol. The first kappa shape index (κ1) is 14.4. The number of carbonyl (C=O) groups excluding carboxylic acids is 1. The minimum atomic E-state index is -0.796. The first-order valence-corrected chi connectivity index (χ1v) is 7.56. The summed E-state index contributed by atoms with van der Waals surface area (Å²) >= 11 is 0. The van der Waals surface area contributed by atoms with Gasteiger partial charge in [-0.2, -0.15) is 0 Å². The van der Waals surface area contributed by atoms with Crippen molar-refractivity contribution in [3.8, 4) is 0 Å². The number of amides is 1. The van der Waals surface area contributed by atoms with Crippen LogP contribution in [0.2, 0.25) is 0 Å². The molecule has 1 unspecified atom stereocenters. The number of carboxylic acids is 1. The number of carbonyl (C=O) groups is 2. The van der Waals surface area contributed by atoms with Gasteiger partial charge in [0.2, 0.25) is 5.91 Å². The van der Waals surface area contributed by atoms with Gasteiger partial charge in [-0.15, -0.1) is 0 Å². The van der Waals surface area contributed by atoms with Gasteiger partial charge in [-0.1, -0.05) is 32.6 Å². The Morgan fingerprint density at radius 1 is 1.16 bits per heavy atom. The third-order valence-electron chi connectivity index (χ3n) is 4.77. The van der Waals surface area contributed by atoms with Crippen molar-refractivity contribution in [2.24, 2.45) is 5.41 Å². The molecule has 108 valence electrons. The number of nitrogens with zero attached hydrogens (tertiary/aromatic N) is 1. The van der Waals surface area contributed by atoms with Gasteiger partial charge in [-0.3, -0.25) is 9.59 Å². The normalized spacial score (nSPS) is 27.0. The maximum Gasteiger partial charge on any atom is 0.305 e. The summed E-state index contributed by atoms with van der Waals surface area (Å²) in [5.41, 5.74) is -0.252. The van der Waals surface area contributed by atoms with Gasteiger partial charge >= 0.3 is 5.97 Å². The molecule has 1 N–H and O–H groups in total. The first-order valence-electron chi connectivity index (χ1n) is 7.56. The standard InChI is InChI=1S/C15H25NO3/c1-15(8-4-2-3-5-9-15)14(19)16-10-6-7-12(16)11-13(17)18/h12H,2-11H2,1H3,(H,17,18). The van der Waals surface area contributed by atoms with E-state index in [9.17, 15) is 9.59 Å². The van der Waals surface area contributed by atoms with Crippen molar-refractivity contribution in [3.05, 3.63) is 0 Å². The van der Waals surface area contributed by atoms with E-state index in [1.807, 2.05) is 4.90 Å². The summed E-state index contributed by atoms with van der Waals surface area (Å²) in [5.74, 6) is -0.589. The van der Waals surface area contributed by atoms with Crippen LogP contribution in [0.15, 0.2) is 0 Å². The Bertz CT molecular complexity index is 345. The van der Waals surface area contributed by atoms with E-state index in [1.54, 1.807) is 0 Å². The van der Waals surface area contributed by atoms with Crippen molar-refractivity contribution < 1.29 is 14.7 Å². The summed E-state index contributed by atoms with van der Waals surface area (Å²) < 4.78 is 0. The quantitative estimate of drug-likeness (QED) is 0.800. The molecule has 4 heteroatoms. The molecule has 0 aromatic carbocycles.